The van der Waals surface area contributed by atoms with E-state index in [1.54, 1.807) is 13.1 Å². The molecule has 1 unspecified atom stereocenters. The monoisotopic (exact) mass is 296 g/mol. The van der Waals surface area contributed by atoms with Crippen LogP contribution in [-0.4, -0.2) is 48.5 Å². The van der Waals surface area contributed by atoms with E-state index in [1.807, 2.05) is 6.92 Å². The lowest BCUT2D eigenvalue weighted by atomic mass is 10.2. The van der Waals surface area contributed by atoms with Gasteiger partial charge in [-0.05, 0) is 38.9 Å². The van der Waals surface area contributed by atoms with Gasteiger partial charge in [0.25, 0.3) is 5.91 Å². The summed E-state index contributed by atoms with van der Waals surface area (Å²) in [6.45, 7) is 5.17. The van der Waals surface area contributed by atoms with Gasteiger partial charge >= 0.3 is 0 Å². The van der Waals surface area contributed by atoms with Crippen molar-refractivity contribution in [2.24, 2.45) is 0 Å². The molecule has 0 aromatic carbocycles. The van der Waals surface area contributed by atoms with Crippen molar-refractivity contribution in [3.05, 3.63) is 22.8 Å². The summed E-state index contributed by atoms with van der Waals surface area (Å²) >= 11 is 6.03. The molecule has 0 bridgehead atoms. The molecule has 5 nitrogen and oxygen atoms in total. The van der Waals surface area contributed by atoms with E-state index in [2.05, 4.69) is 20.5 Å². The predicted molar refractivity (Wildman–Crippen MR) is 81.4 cm³/mol. The van der Waals surface area contributed by atoms with Crippen molar-refractivity contribution in [3.8, 4) is 0 Å². The van der Waals surface area contributed by atoms with Gasteiger partial charge in [-0.15, -0.1) is 0 Å². The molecule has 1 aliphatic heterocycles. The third-order valence-corrected chi connectivity index (χ3v) is 3.74. The van der Waals surface area contributed by atoms with Gasteiger partial charge in [0.2, 0.25) is 0 Å². The number of nitrogens with one attached hydrogen (secondary N) is 2. The minimum Gasteiger partial charge on any atom is -0.372 e. The second-order valence-electron chi connectivity index (χ2n) is 5.19. The average molecular weight is 297 g/mol. The second kappa shape index (κ2) is 6.90. The van der Waals surface area contributed by atoms with Crippen LogP contribution in [0.4, 0.5) is 5.82 Å². The highest BCUT2D eigenvalue weighted by molar-refractivity contribution is 6.33. The summed E-state index contributed by atoms with van der Waals surface area (Å²) in [5.41, 5.74) is 0.488. The van der Waals surface area contributed by atoms with Crippen molar-refractivity contribution in [1.29, 1.82) is 0 Å². The van der Waals surface area contributed by atoms with Crippen LogP contribution in [0.3, 0.4) is 0 Å². The van der Waals surface area contributed by atoms with Crippen LogP contribution in [0, 0.1) is 0 Å². The van der Waals surface area contributed by atoms with Crippen LogP contribution in [0.15, 0.2) is 12.3 Å². The minimum atomic E-state index is -0.131. The molecular weight excluding hydrogens is 276 g/mol. The number of hydrogen-bond acceptors (Lipinski definition) is 4. The molecule has 1 fully saturated rings. The third kappa shape index (κ3) is 3.84. The molecule has 0 radical (unpaired) electrons. The zero-order valence-electron chi connectivity index (χ0n) is 11.9. The van der Waals surface area contributed by atoms with Crippen molar-refractivity contribution >= 4 is 23.3 Å². The van der Waals surface area contributed by atoms with Gasteiger partial charge in [0.15, 0.2) is 0 Å². The molecular formula is C14H21ClN4O. The van der Waals surface area contributed by atoms with Crippen molar-refractivity contribution in [2.75, 3.05) is 32.0 Å². The molecule has 2 N–H and O–H groups in total. The molecule has 1 aromatic heterocycles. The van der Waals surface area contributed by atoms with Gasteiger partial charge in [0.05, 0.1) is 10.6 Å². The first kappa shape index (κ1) is 15.1. The Bertz CT molecular complexity index is 474. The largest absolute Gasteiger partial charge is 0.372 e. The molecule has 1 aliphatic rings. The topological polar surface area (TPSA) is 57.3 Å². The van der Waals surface area contributed by atoms with Gasteiger partial charge in [0.1, 0.15) is 5.82 Å². The Labute approximate surface area is 124 Å². The van der Waals surface area contributed by atoms with E-state index in [1.165, 1.54) is 19.0 Å². The molecule has 1 saturated heterocycles. The molecule has 1 amide bonds. The Kier molecular flexibility index (Phi) is 5.20. The summed E-state index contributed by atoms with van der Waals surface area (Å²) in [6.07, 6.45) is 4.05. The van der Waals surface area contributed by atoms with E-state index < -0.39 is 0 Å². The maximum atomic E-state index is 12.1. The number of amides is 1. The van der Waals surface area contributed by atoms with E-state index in [0.29, 0.717) is 16.4 Å². The van der Waals surface area contributed by atoms with Gasteiger partial charge in [-0.3, -0.25) is 4.79 Å². The van der Waals surface area contributed by atoms with Crippen LogP contribution >= 0.6 is 11.6 Å². The smallest absolute Gasteiger partial charge is 0.253 e. The van der Waals surface area contributed by atoms with Crippen LogP contribution in [0.1, 0.15) is 30.1 Å². The molecule has 1 aromatic rings. The fourth-order valence-electron chi connectivity index (χ4n) is 2.45. The Hall–Kier alpha value is -1.33. The lowest BCUT2D eigenvalue weighted by Crippen LogP contribution is -2.41. The van der Waals surface area contributed by atoms with Crippen LogP contribution in [0.5, 0.6) is 0 Å². The molecule has 20 heavy (non-hydrogen) atoms. The van der Waals surface area contributed by atoms with Crippen LogP contribution in [-0.2, 0) is 0 Å². The zero-order chi connectivity index (χ0) is 14.5. The first-order valence-electron chi connectivity index (χ1n) is 6.96. The van der Waals surface area contributed by atoms with Crippen molar-refractivity contribution < 1.29 is 4.79 Å². The van der Waals surface area contributed by atoms with Gasteiger partial charge in [-0.2, -0.15) is 0 Å². The van der Waals surface area contributed by atoms with Gasteiger partial charge in [0, 0.05) is 25.8 Å². The van der Waals surface area contributed by atoms with Crippen molar-refractivity contribution in [1.82, 2.24) is 15.2 Å². The number of likely N-dealkylation sites (tertiary alicyclic amines) is 1. The van der Waals surface area contributed by atoms with Crippen LogP contribution in [0.2, 0.25) is 5.02 Å². The average Bonchev–Trinajstić information content (AvgIpc) is 2.91. The van der Waals surface area contributed by atoms with Crippen molar-refractivity contribution in [2.45, 2.75) is 25.8 Å². The second-order valence-corrected chi connectivity index (χ2v) is 5.59. The summed E-state index contributed by atoms with van der Waals surface area (Å²) in [5, 5.41) is 6.31. The summed E-state index contributed by atoms with van der Waals surface area (Å²) in [6, 6.07) is 1.75. The summed E-state index contributed by atoms with van der Waals surface area (Å²) in [5.74, 6) is 0.446. The number of nitrogens with zero attached hydrogens (tertiary/aromatic N) is 2. The lowest BCUT2D eigenvalue weighted by molar-refractivity contribution is 0.0931. The molecule has 110 valence electrons. The highest BCUT2D eigenvalue weighted by Gasteiger charge is 2.17. The molecule has 0 aliphatic carbocycles. The highest BCUT2D eigenvalue weighted by Crippen LogP contribution is 2.19. The fourth-order valence-corrected chi connectivity index (χ4v) is 2.71. The van der Waals surface area contributed by atoms with E-state index in [9.17, 15) is 4.79 Å². The van der Waals surface area contributed by atoms with E-state index in [4.69, 9.17) is 11.6 Å². The molecule has 2 rings (SSSR count). The summed E-state index contributed by atoms with van der Waals surface area (Å²) < 4.78 is 0. The standard InChI is InChI=1S/C14H21ClN4O/c1-10(9-19-5-3-4-6-19)18-14(20)11-7-12(15)13(16-2)17-8-11/h7-8,10H,3-6,9H2,1-2H3,(H,16,17)(H,18,20). The predicted octanol–water partition coefficient (Wildman–Crippen LogP) is 1.99. The molecule has 0 saturated carbocycles. The van der Waals surface area contributed by atoms with E-state index in [0.717, 1.165) is 19.6 Å². The number of carbonyl (C=O) groups is 1. The molecule has 1 atom stereocenters. The molecule has 0 spiro atoms. The van der Waals surface area contributed by atoms with Crippen molar-refractivity contribution in [3.63, 3.8) is 0 Å². The van der Waals surface area contributed by atoms with Gasteiger partial charge in [-0.25, -0.2) is 4.98 Å². The number of carbonyl (C=O) groups excluding carboxylic acids is 1. The maximum absolute atomic E-state index is 12.1. The fraction of sp³-hybridized carbons (Fsp3) is 0.571. The minimum absolute atomic E-state index is 0.114. The third-order valence-electron chi connectivity index (χ3n) is 3.45. The number of hydrogen-bond donors (Lipinski definition) is 2. The molecule has 2 heterocycles. The normalized spacial score (nSPS) is 16.9. The lowest BCUT2D eigenvalue weighted by Gasteiger charge is -2.21. The SMILES string of the molecule is CNc1ncc(C(=O)NC(C)CN2CCCC2)cc1Cl. The first-order valence-corrected chi connectivity index (χ1v) is 7.34. The quantitative estimate of drug-likeness (QED) is 0.872. The number of pyridine rings is 1. The number of anilines is 1. The van der Waals surface area contributed by atoms with Crippen LogP contribution in [0.25, 0.3) is 0 Å². The molecule has 6 heteroatoms. The number of halogens is 1. The summed E-state index contributed by atoms with van der Waals surface area (Å²) in [4.78, 5) is 18.6. The van der Waals surface area contributed by atoms with Gasteiger partial charge in [-0.1, -0.05) is 11.6 Å². The van der Waals surface area contributed by atoms with Crippen LogP contribution < -0.4 is 10.6 Å². The zero-order valence-corrected chi connectivity index (χ0v) is 12.7. The van der Waals surface area contributed by atoms with E-state index in [-0.39, 0.29) is 11.9 Å². The summed E-state index contributed by atoms with van der Waals surface area (Å²) in [7, 11) is 1.74. The first-order chi connectivity index (χ1) is 9.60. The Balaban J connectivity index is 1.91. The number of rotatable bonds is 5. The Morgan fingerprint density at radius 1 is 1.50 bits per heavy atom. The maximum Gasteiger partial charge on any atom is 0.253 e. The Morgan fingerprint density at radius 2 is 2.20 bits per heavy atom. The number of aromatic nitrogens is 1. The van der Waals surface area contributed by atoms with Gasteiger partial charge < -0.3 is 15.5 Å². The Morgan fingerprint density at radius 3 is 2.80 bits per heavy atom. The highest BCUT2D eigenvalue weighted by atomic mass is 35.5. The van der Waals surface area contributed by atoms with E-state index >= 15 is 0 Å².